The monoisotopic (exact) mass is 318 g/mol. The largest absolute Gasteiger partial charge is 0.504 e. The Morgan fingerprint density at radius 3 is 2.96 bits per heavy atom. The maximum Gasteiger partial charge on any atom is 0.278 e. The Kier molecular flexibility index (Phi) is 4.04. The SMILES string of the molecule is Cc1cc(F)ccc1-n1cc(O)c(C(=O)N(C)C2CCNC2)n1. The summed E-state index contributed by atoms with van der Waals surface area (Å²) < 4.78 is 14.6. The van der Waals surface area contributed by atoms with E-state index in [1.54, 1.807) is 24.9 Å². The Morgan fingerprint density at radius 1 is 1.52 bits per heavy atom. The highest BCUT2D eigenvalue weighted by atomic mass is 19.1. The minimum absolute atomic E-state index is 0.00289. The molecule has 0 saturated carbocycles. The molecular weight excluding hydrogens is 299 g/mol. The molecule has 1 aliphatic rings. The average Bonchev–Trinajstić information content (AvgIpc) is 3.15. The van der Waals surface area contributed by atoms with Crippen molar-refractivity contribution < 1.29 is 14.3 Å². The van der Waals surface area contributed by atoms with Crippen LogP contribution in [-0.2, 0) is 0 Å². The number of carbonyl (C=O) groups excluding carboxylic acids is 1. The molecule has 1 aromatic carbocycles. The molecular formula is C16H19FN4O2. The quantitative estimate of drug-likeness (QED) is 0.899. The minimum Gasteiger partial charge on any atom is -0.504 e. The zero-order valence-electron chi connectivity index (χ0n) is 13.1. The molecule has 1 saturated heterocycles. The van der Waals surface area contributed by atoms with E-state index >= 15 is 0 Å². The molecule has 23 heavy (non-hydrogen) atoms. The number of halogens is 1. The van der Waals surface area contributed by atoms with Gasteiger partial charge in [0.25, 0.3) is 5.91 Å². The fourth-order valence-corrected chi connectivity index (χ4v) is 2.82. The van der Waals surface area contributed by atoms with Gasteiger partial charge in [-0.1, -0.05) is 0 Å². The lowest BCUT2D eigenvalue weighted by Gasteiger charge is -2.22. The Bertz CT molecular complexity index is 738. The molecule has 1 atom stereocenters. The topological polar surface area (TPSA) is 70.4 Å². The van der Waals surface area contributed by atoms with Gasteiger partial charge in [-0.15, -0.1) is 0 Å². The van der Waals surface area contributed by atoms with Crippen LogP contribution in [0.3, 0.4) is 0 Å². The summed E-state index contributed by atoms with van der Waals surface area (Å²) in [6, 6.07) is 4.36. The normalized spacial score (nSPS) is 17.4. The fraction of sp³-hybridized carbons (Fsp3) is 0.375. The molecule has 0 bridgehead atoms. The third-order valence-corrected chi connectivity index (χ3v) is 4.21. The Balaban J connectivity index is 1.90. The average molecular weight is 318 g/mol. The van der Waals surface area contributed by atoms with Gasteiger partial charge < -0.3 is 15.3 Å². The van der Waals surface area contributed by atoms with Crippen LogP contribution >= 0.6 is 0 Å². The number of hydrogen-bond donors (Lipinski definition) is 2. The van der Waals surface area contributed by atoms with Gasteiger partial charge in [0.15, 0.2) is 11.4 Å². The van der Waals surface area contributed by atoms with E-state index in [9.17, 15) is 14.3 Å². The van der Waals surface area contributed by atoms with Crippen molar-refractivity contribution in [1.29, 1.82) is 0 Å². The van der Waals surface area contributed by atoms with Crippen molar-refractivity contribution in [3.8, 4) is 11.4 Å². The zero-order valence-corrected chi connectivity index (χ0v) is 13.1. The van der Waals surface area contributed by atoms with Crippen LogP contribution in [0, 0.1) is 12.7 Å². The van der Waals surface area contributed by atoms with Crippen LogP contribution in [0.5, 0.6) is 5.75 Å². The van der Waals surface area contributed by atoms with Crippen LogP contribution in [0.15, 0.2) is 24.4 Å². The number of nitrogens with zero attached hydrogens (tertiary/aromatic N) is 3. The maximum absolute atomic E-state index is 13.2. The fourth-order valence-electron chi connectivity index (χ4n) is 2.82. The van der Waals surface area contributed by atoms with Crippen LogP contribution in [0.1, 0.15) is 22.5 Å². The van der Waals surface area contributed by atoms with E-state index in [1.165, 1.54) is 23.0 Å². The van der Waals surface area contributed by atoms with Crippen LogP contribution in [0.2, 0.25) is 0 Å². The molecule has 3 rings (SSSR count). The third-order valence-electron chi connectivity index (χ3n) is 4.21. The van der Waals surface area contributed by atoms with Gasteiger partial charge in [0.05, 0.1) is 11.9 Å². The number of nitrogens with one attached hydrogen (secondary N) is 1. The second-order valence-corrected chi connectivity index (χ2v) is 5.80. The van der Waals surface area contributed by atoms with Gasteiger partial charge in [-0.25, -0.2) is 9.07 Å². The summed E-state index contributed by atoms with van der Waals surface area (Å²) >= 11 is 0. The van der Waals surface area contributed by atoms with Gasteiger partial charge in [0.1, 0.15) is 5.82 Å². The first-order valence-electron chi connectivity index (χ1n) is 7.50. The number of likely N-dealkylation sites (N-methyl/N-ethyl adjacent to an activating group) is 1. The summed E-state index contributed by atoms with van der Waals surface area (Å²) in [6.45, 7) is 3.35. The van der Waals surface area contributed by atoms with Crippen LogP contribution in [-0.4, -0.2) is 51.9 Å². The summed E-state index contributed by atoms with van der Waals surface area (Å²) in [5, 5.41) is 17.5. The number of benzene rings is 1. The number of rotatable bonds is 3. The molecule has 1 amide bonds. The third kappa shape index (κ3) is 2.92. The van der Waals surface area contributed by atoms with Crippen molar-refractivity contribution in [1.82, 2.24) is 20.0 Å². The molecule has 0 spiro atoms. The van der Waals surface area contributed by atoms with Crippen LogP contribution in [0.25, 0.3) is 5.69 Å². The molecule has 7 heteroatoms. The van der Waals surface area contributed by atoms with E-state index in [0.29, 0.717) is 11.3 Å². The van der Waals surface area contributed by atoms with E-state index in [0.717, 1.165) is 19.5 Å². The highest BCUT2D eigenvalue weighted by Gasteiger charge is 2.28. The predicted molar refractivity (Wildman–Crippen MR) is 83.3 cm³/mol. The van der Waals surface area contributed by atoms with Gasteiger partial charge in [-0.05, 0) is 43.7 Å². The van der Waals surface area contributed by atoms with Gasteiger partial charge >= 0.3 is 0 Å². The number of aromatic nitrogens is 2. The van der Waals surface area contributed by atoms with Crippen molar-refractivity contribution in [2.75, 3.05) is 20.1 Å². The van der Waals surface area contributed by atoms with E-state index < -0.39 is 0 Å². The van der Waals surface area contributed by atoms with Crippen LogP contribution < -0.4 is 5.32 Å². The minimum atomic E-state index is -0.340. The Labute approximate surface area is 133 Å². The lowest BCUT2D eigenvalue weighted by Crippen LogP contribution is -2.38. The summed E-state index contributed by atoms with van der Waals surface area (Å²) in [7, 11) is 1.71. The standard InChI is InChI=1S/C16H19FN4O2/c1-10-7-11(17)3-4-13(10)21-9-14(22)15(19-21)16(23)20(2)12-5-6-18-8-12/h3-4,7,9,12,18,22H,5-6,8H2,1-2H3. The number of aryl methyl sites for hydroxylation is 1. The molecule has 6 nitrogen and oxygen atoms in total. The van der Waals surface area contributed by atoms with Crippen molar-refractivity contribution in [2.45, 2.75) is 19.4 Å². The molecule has 1 aliphatic heterocycles. The molecule has 2 aromatic rings. The molecule has 2 N–H and O–H groups in total. The summed E-state index contributed by atoms with van der Waals surface area (Å²) in [4.78, 5) is 14.1. The second kappa shape index (κ2) is 6.00. The molecule has 122 valence electrons. The molecule has 0 radical (unpaired) electrons. The van der Waals surface area contributed by atoms with Gasteiger partial charge in [-0.2, -0.15) is 5.10 Å². The van der Waals surface area contributed by atoms with E-state index in [-0.39, 0.29) is 29.2 Å². The lowest BCUT2D eigenvalue weighted by molar-refractivity contribution is 0.0734. The summed E-state index contributed by atoms with van der Waals surface area (Å²) in [5.41, 5.74) is 1.29. The van der Waals surface area contributed by atoms with E-state index in [2.05, 4.69) is 10.4 Å². The summed E-state index contributed by atoms with van der Waals surface area (Å²) in [6.07, 6.45) is 2.25. The van der Waals surface area contributed by atoms with Crippen molar-refractivity contribution >= 4 is 5.91 Å². The maximum atomic E-state index is 13.2. The predicted octanol–water partition coefficient (Wildman–Crippen LogP) is 1.46. The molecule has 1 aromatic heterocycles. The first-order chi connectivity index (χ1) is 11.0. The molecule has 2 heterocycles. The van der Waals surface area contributed by atoms with Crippen molar-refractivity contribution in [3.63, 3.8) is 0 Å². The Hall–Kier alpha value is -2.41. The zero-order chi connectivity index (χ0) is 16.6. The number of carbonyl (C=O) groups is 1. The highest BCUT2D eigenvalue weighted by molar-refractivity contribution is 5.95. The molecule has 1 fully saturated rings. The number of amides is 1. The van der Waals surface area contributed by atoms with E-state index in [1.807, 2.05) is 0 Å². The highest BCUT2D eigenvalue weighted by Crippen LogP contribution is 2.23. The van der Waals surface area contributed by atoms with Crippen molar-refractivity contribution in [2.24, 2.45) is 0 Å². The number of aromatic hydroxyl groups is 1. The smallest absolute Gasteiger partial charge is 0.278 e. The number of hydrogen-bond acceptors (Lipinski definition) is 4. The van der Waals surface area contributed by atoms with Gasteiger partial charge in [0, 0.05) is 19.6 Å². The molecule has 1 unspecified atom stereocenters. The first kappa shape index (κ1) is 15.5. The summed E-state index contributed by atoms with van der Waals surface area (Å²) in [5.74, 6) is -0.848. The first-order valence-corrected chi connectivity index (χ1v) is 7.50. The van der Waals surface area contributed by atoms with Gasteiger partial charge in [0.2, 0.25) is 0 Å². The molecule has 0 aliphatic carbocycles. The van der Waals surface area contributed by atoms with Crippen molar-refractivity contribution in [3.05, 3.63) is 41.5 Å². The van der Waals surface area contributed by atoms with Crippen LogP contribution in [0.4, 0.5) is 4.39 Å². The Morgan fingerprint density at radius 2 is 2.30 bits per heavy atom. The van der Waals surface area contributed by atoms with E-state index in [4.69, 9.17) is 0 Å². The van der Waals surface area contributed by atoms with Gasteiger partial charge in [-0.3, -0.25) is 4.79 Å². The second-order valence-electron chi connectivity index (χ2n) is 5.80. The lowest BCUT2D eigenvalue weighted by atomic mass is 10.2.